The number of aryl methyl sites for hydroxylation is 1. The van der Waals surface area contributed by atoms with Gasteiger partial charge in [-0.2, -0.15) is 5.10 Å². The summed E-state index contributed by atoms with van der Waals surface area (Å²) in [6.07, 6.45) is 4.68. The van der Waals surface area contributed by atoms with Gasteiger partial charge >= 0.3 is 0 Å². The van der Waals surface area contributed by atoms with E-state index in [0.29, 0.717) is 25.5 Å². The molecule has 1 aliphatic heterocycles. The topological polar surface area (TPSA) is 100 Å². The van der Waals surface area contributed by atoms with Gasteiger partial charge < -0.3 is 15.0 Å². The quantitative estimate of drug-likeness (QED) is 0.825. The number of carbonyl (C=O) groups is 2. The van der Waals surface area contributed by atoms with E-state index in [0.717, 1.165) is 37.9 Å². The number of nitrogens with one attached hydrogen (secondary N) is 2. The largest absolute Gasteiger partial charge is 0.366 e. The minimum Gasteiger partial charge on any atom is -0.366 e. The van der Waals surface area contributed by atoms with Gasteiger partial charge in [0.25, 0.3) is 0 Å². The van der Waals surface area contributed by atoms with E-state index in [1.807, 2.05) is 6.92 Å². The zero-order valence-corrected chi connectivity index (χ0v) is 15.0. The normalized spacial score (nSPS) is 22.8. The second kappa shape index (κ2) is 7.95. The highest BCUT2D eigenvalue weighted by molar-refractivity contribution is 5.87. The fourth-order valence-electron chi connectivity index (χ4n) is 3.71. The molecule has 2 aliphatic rings. The van der Waals surface area contributed by atoms with Crippen LogP contribution in [0.1, 0.15) is 57.3 Å². The number of morpholine rings is 1. The van der Waals surface area contributed by atoms with Gasteiger partial charge in [0.05, 0.1) is 13.2 Å². The molecule has 25 heavy (non-hydrogen) atoms. The van der Waals surface area contributed by atoms with Crippen LogP contribution in [0.2, 0.25) is 0 Å². The molecule has 1 saturated heterocycles. The van der Waals surface area contributed by atoms with Gasteiger partial charge in [0.2, 0.25) is 11.8 Å². The van der Waals surface area contributed by atoms with Crippen LogP contribution >= 0.6 is 0 Å². The molecule has 8 heteroatoms. The standard InChI is InChI=1S/C17H27N5O3/c1-3-14-19-16(21-20-14)13-10-22(8-9-25-13)17(24)15(18-11(2)23)12-6-4-5-7-12/h12-13,15H,3-10H2,1-2H3,(H,18,23)(H,19,20,21)/t13-,15+/m0/s1. The van der Waals surface area contributed by atoms with E-state index >= 15 is 0 Å². The molecule has 3 rings (SSSR count). The van der Waals surface area contributed by atoms with E-state index in [9.17, 15) is 9.59 Å². The predicted molar refractivity (Wildman–Crippen MR) is 90.6 cm³/mol. The molecule has 1 saturated carbocycles. The number of H-pyrrole nitrogens is 1. The number of carbonyl (C=O) groups excluding carboxylic acids is 2. The van der Waals surface area contributed by atoms with Crippen molar-refractivity contribution < 1.29 is 14.3 Å². The fourth-order valence-corrected chi connectivity index (χ4v) is 3.71. The molecule has 138 valence electrons. The molecule has 2 amide bonds. The van der Waals surface area contributed by atoms with Crippen LogP contribution in [0.5, 0.6) is 0 Å². The molecule has 0 unspecified atom stereocenters. The Morgan fingerprint density at radius 3 is 2.80 bits per heavy atom. The summed E-state index contributed by atoms with van der Waals surface area (Å²) in [4.78, 5) is 30.9. The van der Waals surface area contributed by atoms with Gasteiger partial charge in [-0.1, -0.05) is 19.8 Å². The zero-order valence-electron chi connectivity index (χ0n) is 15.0. The molecule has 1 aromatic heterocycles. The molecule has 0 bridgehead atoms. The smallest absolute Gasteiger partial charge is 0.245 e. The molecule has 2 heterocycles. The number of amides is 2. The summed E-state index contributed by atoms with van der Waals surface area (Å²) < 4.78 is 5.76. The minimum absolute atomic E-state index is 0.0124. The predicted octanol–water partition coefficient (Wildman–Crippen LogP) is 0.962. The zero-order chi connectivity index (χ0) is 17.8. The van der Waals surface area contributed by atoms with Crippen LogP contribution < -0.4 is 5.32 Å². The van der Waals surface area contributed by atoms with Crippen molar-refractivity contribution in [2.24, 2.45) is 5.92 Å². The van der Waals surface area contributed by atoms with Crippen LogP contribution in [0.25, 0.3) is 0 Å². The van der Waals surface area contributed by atoms with Crippen LogP contribution in [-0.2, 0) is 20.7 Å². The first kappa shape index (κ1) is 17.8. The van der Waals surface area contributed by atoms with Crippen LogP contribution in [0.3, 0.4) is 0 Å². The van der Waals surface area contributed by atoms with Gasteiger partial charge in [-0.15, -0.1) is 0 Å². The first-order valence-corrected chi connectivity index (χ1v) is 9.17. The van der Waals surface area contributed by atoms with Gasteiger partial charge in [-0.3, -0.25) is 14.7 Å². The van der Waals surface area contributed by atoms with E-state index in [1.54, 1.807) is 4.90 Å². The third-order valence-corrected chi connectivity index (χ3v) is 5.05. The maximum atomic E-state index is 13.1. The lowest BCUT2D eigenvalue weighted by Crippen LogP contribution is -2.54. The number of nitrogens with zero attached hydrogens (tertiary/aromatic N) is 3. The van der Waals surface area contributed by atoms with Gasteiger partial charge in [-0.05, 0) is 18.8 Å². The van der Waals surface area contributed by atoms with Crippen LogP contribution in [0.4, 0.5) is 0 Å². The number of ether oxygens (including phenoxy) is 1. The Morgan fingerprint density at radius 2 is 2.16 bits per heavy atom. The van der Waals surface area contributed by atoms with Crippen molar-refractivity contribution in [3.63, 3.8) is 0 Å². The second-order valence-electron chi connectivity index (χ2n) is 6.86. The highest BCUT2D eigenvalue weighted by Crippen LogP contribution is 2.29. The van der Waals surface area contributed by atoms with Crippen molar-refractivity contribution in [3.8, 4) is 0 Å². The van der Waals surface area contributed by atoms with Crippen molar-refractivity contribution in [1.29, 1.82) is 0 Å². The van der Waals surface area contributed by atoms with E-state index in [2.05, 4.69) is 20.5 Å². The number of aromatic nitrogens is 3. The van der Waals surface area contributed by atoms with Crippen molar-refractivity contribution >= 4 is 11.8 Å². The Bertz CT molecular complexity index is 611. The number of rotatable bonds is 5. The Morgan fingerprint density at radius 1 is 1.40 bits per heavy atom. The van der Waals surface area contributed by atoms with Crippen molar-refractivity contribution in [2.45, 2.75) is 58.1 Å². The molecule has 2 N–H and O–H groups in total. The Kier molecular flexibility index (Phi) is 5.67. The number of hydrogen-bond acceptors (Lipinski definition) is 5. The number of hydrogen-bond donors (Lipinski definition) is 2. The summed E-state index contributed by atoms with van der Waals surface area (Å²) in [5.41, 5.74) is 0. The summed E-state index contributed by atoms with van der Waals surface area (Å²) in [6, 6.07) is -0.433. The Labute approximate surface area is 147 Å². The SMILES string of the molecule is CCc1nc([C@@H]2CN(C(=O)[C@H](NC(C)=O)C3CCCC3)CCO2)n[nH]1. The first-order valence-electron chi connectivity index (χ1n) is 9.17. The minimum atomic E-state index is -0.433. The van der Waals surface area contributed by atoms with Gasteiger partial charge in [0.1, 0.15) is 18.0 Å². The fraction of sp³-hybridized carbons (Fsp3) is 0.765. The lowest BCUT2D eigenvalue weighted by Gasteiger charge is -2.35. The van der Waals surface area contributed by atoms with Crippen molar-refractivity contribution in [1.82, 2.24) is 25.4 Å². The van der Waals surface area contributed by atoms with E-state index in [-0.39, 0.29) is 23.8 Å². The third-order valence-electron chi connectivity index (χ3n) is 5.05. The highest BCUT2D eigenvalue weighted by Gasteiger charge is 2.37. The summed E-state index contributed by atoms with van der Waals surface area (Å²) >= 11 is 0. The second-order valence-corrected chi connectivity index (χ2v) is 6.86. The van der Waals surface area contributed by atoms with Crippen molar-refractivity contribution in [3.05, 3.63) is 11.6 Å². The van der Waals surface area contributed by atoms with Crippen LogP contribution in [0, 0.1) is 5.92 Å². The average Bonchev–Trinajstić information content (AvgIpc) is 3.30. The average molecular weight is 349 g/mol. The van der Waals surface area contributed by atoms with Gasteiger partial charge in [-0.25, -0.2) is 4.98 Å². The van der Waals surface area contributed by atoms with E-state index in [1.165, 1.54) is 6.92 Å². The molecule has 0 radical (unpaired) electrons. The molecule has 2 fully saturated rings. The monoisotopic (exact) mass is 349 g/mol. The summed E-state index contributed by atoms with van der Waals surface area (Å²) in [7, 11) is 0. The molecule has 1 aliphatic carbocycles. The lowest BCUT2D eigenvalue weighted by molar-refractivity contribution is -0.144. The molecular formula is C17H27N5O3. The molecule has 1 aromatic rings. The molecule has 0 spiro atoms. The summed E-state index contributed by atoms with van der Waals surface area (Å²) in [6.45, 7) is 4.87. The van der Waals surface area contributed by atoms with Gasteiger partial charge in [0.15, 0.2) is 5.82 Å². The van der Waals surface area contributed by atoms with Crippen molar-refractivity contribution in [2.75, 3.05) is 19.7 Å². The van der Waals surface area contributed by atoms with E-state index < -0.39 is 6.04 Å². The summed E-state index contributed by atoms with van der Waals surface area (Å²) in [5.74, 6) is 1.46. The lowest BCUT2D eigenvalue weighted by atomic mass is 9.96. The Hall–Kier alpha value is -1.96. The third kappa shape index (κ3) is 4.18. The van der Waals surface area contributed by atoms with Crippen LogP contribution in [-0.4, -0.2) is 57.6 Å². The highest BCUT2D eigenvalue weighted by atomic mass is 16.5. The molecule has 8 nitrogen and oxygen atoms in total. The molecule has 2 atom stereocenters. The Balaban J connectivity index is 1.69. The maximum Gasteiger partial charge on any atom is 0.245 e. The van der Waals surface area contributed by atoms with Gasteiger partial charge in [0, 0.05) is 19.9 Å². The maximum absolute atomic E-state index is 13.1. The molecule has 0 aromatic carbocycles. The summed E-state index contributed by atoms with van der Waals surface area (Å²) in [5, 5.41) is 9.97. The number of aromatic amines is 1. The molecular weight excluding hydrogens is 322 g/mol. The van der Waals surface area contributed by atoms with E-state index in [4.69, 9.17) is 4.74 Å². The first-order chi connectivity index (χ1) is 12.1. The van der Waals surface area contributed by atoms with Crippen LogP contribution in [0.15, 0.2) is 0 Å².